The number of hydrogen-bond donors (Lipinski definition) is 3. The molecule has 1 unspecified atom stereocenters. The molecule has 2 bridgehead atoms. The number of nitrogens with zero attached hydrogens (tertiary/aromatic N) is 4. The third-order valence-corrected chi connectivity index (χ3v) is 10.2. The van der Waals surface area contributed by atoms with Crippen LogP contribution in [0.3, 0.4) is 0 Å². The molecule has 4 N–H and O–H groups in total. The molecule has 3 aromatic rings. The number of nitrogen functional groups attached to an aromatic ring is 1. The molecular weight excluding hydrogens is 620 g/mol. The third-order valence-electron chi connectivity index (χ3n) is 10.2. The van der Waals surface area contributed by atoms with E-state index in [-0.39, 0.29) is 70.5 Å². The number of benzene rings is 2. The first-order valence-corrected chi connectivity index (χ1v) is 15.9. The summed E-state index contributed by atoms with van der Waals surface area (Å²) in [5.74, 6) is -1.23. The molecule has 14 heteroatoms. The molecule has 2 saturated heterocycles. The van der Waals surface area contributed by atoms with Crippen LogP contribution in [0.4, 0.5) is 5.82 Å². The maximum absolute atomic E-state index is 13.4. The molecule has 1 aromatic heterocycles. The van der Waals surface area contributed by atoms with Crippen LogP contribution in [0.25, 0.3) is 11.3 Å². The average Bonchev–Trinajstić information content (AvgIpc) is 3.26. The van der Waals surface area contributed by atoms with Gasteiger partial charge in [-0.2, -0.15) is 0 Å². The van der Waals surface area contributed by atoms with Crippen LogP contribution in [0.15, 0.2) is 48.5 Å². The Balaban J connectivity index is 0.829. The van der Waals surface area contributed by atoms with Crippen LogP contribution < -0.4 is 20.5 Å². The van der Waals surface area contributed by atoms with E-state index in [1.54, 1.807) is 42.5 Å². The number of phenolic OH excluding ortho intramolecular Hbond substituents is 1. The van der Waals surface area contributed by atoms with Crippen molar-refractivity contribution in [3.8, 4) is 28.5 Å². The summed E-state index contributed by atoms with van der Waals surface area (Å²) in [6, 6.07) is 12.2. The van der Waals surface area contributed by atoms with Crippen molar-refractivity contribution >= 4 is 35.4 Å². The van der Waals surface area contributed by atoms with Crippen molar-refractivity contribution in [1.82, 2.24) is 25.3 Å². The van der Waals surface area contributed by atoms with Gasteiger partial charge in [0.2, 0.25) is 17.7 Å². The first kappa shape index (κ1) is 29.8. The van der Waals surface area contributed by atoms with E-state index in [0.717, 1.165) is 24.2 Å². The van der Waals surface area contributed by atoms with Gasteiger partial charge in [-0.15, -0.1) is 10.2 Å². The van der Waals surface area contributed by atoms with E-state index in [0.29, 0.717) is 36.7 Å². The van der Waals surface area contributed by atoms with Gasteiger partial charge in [0.15, 0.2) is 11.6 Å². The maximum atomic E-state index is 13.4. The molecule has 48 heavy (non-hydrogen) atoms. The van der Waals surface area contributed by atoms with Gasteiger partial charge in [-0.3, -0.25) is 34.2 Å². The zero-order valence-electron chi connectivity index (χ0n) is 25.8. The van der Waals surface area contributed by atoms with E-state index in [4.69, 9.17) is 15.2 Å². The lowest BCUT2D eigenvalue weighted by Gasteiger charge is -2.70. The minimum absolute atomic E-state index is 0.0429. The molecule has 5 fully saturated rings. The Kier molecular flexibility index (Phi) is 6.69. The smallest absolute Gasteiger partial charge is 0.266 e. The first-order valence-electron chi connectivity index (χ1n) is 15.9. The molecule has 9 rings (SSSR count). The first-order chi connectivity index (χ1) is 23.1. The van der Waals surface area contributed by atoms with E-state index < -0.39 is 29.7 Å². The summed E-state index contributed by atoms with van der Waals surface area (Å²) in [4.78, 5) is 66.5. The van der Waals surface area contributed by atoms with Crippen LogP contribution in [0, 0.1) is 16.7 Å². The predicted molar refractivity (Wildman–Crippen MR) is 166 cm³/mol. The lowest BCUT2D eigenvalue weighted by Crippen LogP contribution is -2.71. The monoisotopic (exact) mass is 652 g/mol. The van der Waals surface area contributed by atoms with Crippen molar-refractivity contribution in [2.24, 2.45) is 16.7 Å². The minimum atomic E-state index is -1.05. The lowest BCUT2D eigenvalue weighted by molar-refractivity contribution is -0.229. The summed E-state index contributed by atoms with van der Waals surface area (Å²) in [5.41, 5.74) is 6.80. The zero-order chi connectivity index (χ0) is 33.4. The third kappa shape index (κ3) is 4.65. The van der Waals surface area contributed by atoms with Crippen molar-refractivity contribution in [3.63, 3.8) is 0 Å². The number of nitrogens with one attached hydrogen (secondary N) is 1. The summed E-state index contributed by atoms with van der Waals surface area (Å²) in [6.07, 6.45) is 2.32. The van der Waals surface area contributed by atoms with Crippen LogP contribution in [0.2, 0.25) is 0 Å². The number of para-hydroxylation sites is 1. The number of phenols is 1. The van der Waals surface area contributed by atoms with E-state index in [9.17, 15) is 29.1 Å². The predicted octanol–water partition coefficient (Wildman–Crippen LogP) is 1.92. The second kappa shape index (κ2) is 10.8. The van der Waals surface area contributed by atoms with Gasteiger partial charge in [-0.25, -0.2) is 0 Å². The molecule has 3 saturated carbocycles. The minimum Gasteiger partial charge on any atom is -0.507 e. The van der Waals surface area contributed by atoms with Gasteiger partial charge in [-0.1, -0.05) is 18.2 Å². The normalized spacial score (nSPS) is 25.9. The molecule has 5 amide bonds. The number of carbonyl (C=O) groups is 5. The Morgan fingerprint density at radius 3 is 2.46 bits per heavy atom. The lowest BCUT2D eigenvalue weighted by atomic mass is 9.35. The Labute approximate surface area is 274 Å². The number of amides is 5. The fourth-order valence-electron chi connectivity index (χ4n) is 7.92. The highest BCUT2D eigenvalue weighted by atomic mass is 16.5. The van der Waals surface area contributed by atoms with Crippen LogP contribution >= 0.6 is 0 Å². The van der Waals surface area contributed by atoms with Gasteiger partial charge < -0.3 is 25.2 Å². The van der Waals surface area contributed by atoms with Crippen molar-refractivity contribution in [3.05, 3.63) is 59.7 Å². The number of nitrogens with two attached hydrogens (primary N) is 1. The highest BCUT2D eigenvalue weighted by Gasteiger charge is 2.72. The topological polar surface area (TPSA) is 194 Å². The quantitative estimate of drug-likeness (QED) is 0.286. The standard InChI is InChI=1S/C34H32N6O8/c35-28-25(10-21(37-38-28)19-4-1-2-6-23(19)41)48-17-33-14-34(15-33,16-33)32(46)39-11-18(12-39)13-47-24-7-3-5-20-27(24)31(45)40(30(20)44)22-8-9-26(42)36-29(22)43/h1-7,10,18,22,41H,8-9,11-17H2,(H2,35,38)(H,36,42,43). The molecule has 246 valence electrons. The second-order valence-corrected chi connectivity index (χ2v) is 13.6. The molecule has 0 radical (unpaired) electrons. The van der Waals surface area contributed by atoms with Gasteiger partial charge in [-0.05, 0) is 49.9 Å². The maximum Gasteiger partial charge on any atom is 0.266 e. The Morgan fingerprint density at radius 1 is 0.958 bits per heavy atom. The summed E-state index contributed by atoms with van der Waals surface area (Å²) >= 11 is 0. The number of carbonyl (C=O) groups excluding carboxylic acids is 5. The van der Waals surface area contributed by atoms with Gasteiger partial charge in [0.05, 0.1) is 29.8 Å². The van der Waals surface area contributed by atoms with Gasteiger partial charge in [0.1, 0.15) is 23.2 Å². The van der Waals surface area contributed by atoms with Gasteiger partial charge in [0.25, 0.3) is 11.8 Å². The largest absolute Gasteiger partial charge is 0.507 e. The summed E-state index contributed by atoms with van der Waals surface area (Å²) in [5, 5.41) is 20.4. The van der Waals surface area contributed by atoms with Crippen LogP contribution in [0.5, 0.6) is 17.2 Å². The second-order valence-electron chi connectivity index (χ2n) is 13.6. The molecule has 3 aliphatic carbocycles. The number of anilines is 1. The fraction of sp³-hybridized carbons (Fsp3) is 0.382. The number of fused-ring (bicyclic) bond motifs is 1. The summed E-state index contributed by atoms with van der Waals surface area (Å²) in [6.45, 7) is 1.72. The molecule has 1 atom stereocenters. The number of likely N-dealkylation sites (tertiary alicyclic amines) is 1. The summed E-state index contributed by atoms with van der Waals surface area (Å²) in [7, 11) is 0. The molecule has 4 heterocycles. The molecule has 2 aromatic carbocycles. The Morgan fingerprint density at radius 2 is 1.71 bits per heavy atom. The van der Waals surface area contributed by atoms with E-state index in [1.807, 2.05) is 4.90 Å². The molecule has 3 aliphatic heterocycles. The highest BCUT2D eigenvalue weighted by molar-refractivity contribution is 6.24. The summed E-state index contributed by atoms with van der Waals surface area (Å²) < 4.78 is 12.1. The molecule has 6 aliphatic rings. The Hall–Kier alpha value is -5.53. The molecule has 0 spiro atoms. The van der Waals surface area contributed by atoms with Gasteiger partial charge >= 0.3 is 0 Å². The number of hydrogen-bond acceptors (Lipinski definition) is 11. The number of piperidine rings is 1. The van der Waals surface area contributed by atoms with Crippen LogP contribution in [0.1, 0.15) is 52.8 Å². The molecular formula is C34H32N6O8. The number of aromatic hydroxyl groups is 1. The van der Waals surface area contributed by atoms with E-state index in [2.05, 4.69) is 15.5 Å². The average molecular weight is 653 g/mol. The van der Waals surface area contributed by atoms with Crippen molar-refractivity contribution in [1.29, 1.82) is 0 Å². The van der Waals surface area contributed by atoms with E-state index in [1.165, 1.54) is 6.07 Å². The Bertz CT molecular complexity index is 1900. The van der Waals surface area contributed by atoms with Crippen molar-refractivity contribution < 1.29 is 38.6 Å². The van der Waals surface area contributed by atoms with Crippen LogP contribution in [-0.2, 0) is 14.4 Å². The van der Waals surface area contributed by atoms with E-state index >= 15 is 0 Å². The van der Waals surface area contributed by atoms with Crippen molar-refractivity contribution in [2.45, 2.75) is 38.1 Å². The fourth-order valence-corrected chi connectivity index (χ4v) is 7.92. The van der Waals surface area contributed by atoms with Gasteiger partial charge in [0, 0.05) is 42.5 Å². The number of imide groups is 2. The number of rotatable bonds is 9. The number of aromatic nitrogens is 2. The van der Waals surface area contributed by atoms with Crippen molar-refractivity contribution in [2.75, 3.05) is 32.0 Å². The zero-order valence-corrected chi connectivity index (χ0v) is 25.8. The molecule has 14 nitrogen and oxygen atoms in total. The van der Waals surface area contributed by atoms with Crippen LogP contribution in [-0.4, -0.2) is 87.0 Å². The highest BCUT2D eigenvalue weighted by Crippen LogP contribution is 2.74. The SMILES string of the molecule is Nc1nnc(-c2ccccc2O)cc1OCC12CC(C(=O)N3CC(COc4cccc5c4C(=O)N(C4CCC(=O)NC4=O)C5=O)C3)(C1)C2. The number of ether oxygens (including phenoxy) is 2.